The lowest BCUT2D eigenvalue weighted by molar-refractivity contribution is 0.600. The molecule has 7 heteroatoms. The number of rotatable bonds is 3. The van der Waals surface area contributed by atoms with E-state index in [0.717, 1.165) is 14.9 Å². The van der Waals surface area contributed by atoms with Crippen LogP contribution in [0, 0.1) is 0 Å². The molecular weight excluding hydrogens is 246 g/mol. The van der Waals surface area contributed by atoms with Gasteiger partial charge in [0.15, 0.2) is 0 Å². The number of hydrogen-bond acceptors (Lipinski definition) is 5. The van der Waals surface area contributed by atoms with Crippen molar-refractivity contribution in [2.45, 2.75) is 13.0 Å². The zero-order valence-electron chi connectivity index (χ0n) is 11.0. The minimum absolute atomic E-state index is 0.128. The quantitative estimate of drug-likeness (QED) is 0.844. The van der Waals surface area contributed by atoms with Crippen LogP contribution in [0.5, 0.6) is 0 Å². The van der Waals surface area contributed by atoms with Crippen LogP contribution in [0.15, 0.2) is 34.0 Å². The van der Waals surface area contributed by atoms with Crippen LogP contribution >= 0.6 is 0 Å². The Labute approximate surface area is 109 Å². The average Bonchev–Trinajstić information content (AvgIpc) is 2.43. The van der Waals surface area contributed by atoms with Gasteiger partial charge in [-0.15, -0.1) is 5.10 Å². The Morgan fingerprint density at radius 1 is 1.26 bits per heavy atom. The van der Waals surface area contributed by atoms with Crippen molar-refractivity contribution < 1.29 is 0 Å². The summed E-state index contributed by atoms with van der Waals surface area (Å²) in [7, 11) is 2.92. The van der Waals surface area contributed by atoms with Crippen LogP contribution in [-0.4, -0.2) is 19.3 Å². The molecule has 1 N–H and O–H groups in total. The van der Waals surface area contributed by atoms with Crippen LogP contribution in [0.25, 0.3) is 0 Å². The van der Waals surface area contributed by atoms with Crippen molar-refractivity contribution in [3.05, 3.63) is 50.9 Å². The SMILES string of the molecule is CC(Nc1nn(C)c(=O)n(C)c1=O)c1ccccn1. The molecule has 1 atom stereocenters. The van der Waals surface area contributed by atoms with Gasteiger partial charge in [-0.05, 0) is 19.1 Å². The molecule has 2 heterocycles. The Kier molecular flexibility index (Phi) is 3.46. The Hall–Kier alpha value is -2.44. The van der Waals surface area contributed by atoms with Crippen molar-refractivity contribution in [2.24, 2.45) is 14.1 Å². The van der Waals surface area contributed by atoms with Crippen molar-refractivity contribution in [3.63, 3.8) is 0 Å². The van der Waals surface area contributed by atoms with Gasteiger partial charge in [0.2, 0.25) is 5.82 Å². The first kappa shape index (κ1) is 13.0. The smallest absolute Gasteiger partial charge is 0.346 e. The first-order valence-electron chi connectivity index (χ1n) is 5.82. The Morgan fingerprint density at radius 3 is 2.63 bits per heavy atom. The molecule has 0 aromatic carbocycles. The van der Waals surface area contributed by atoms with E-state index in [0.29, 0.717) is 0 Å². The fraction of sp³-hybridized carbons (Fsp3) is 0.333. The van der Waals surface area contributed by atoms with Crippen molar-refractivity contribution in [1.82, 2.24) is 19.3 Å². The van der Waals surface area contributed by atoms with Gasteiger partial charge in [-0.3, -0.25) is 14.3 Å². The second kappa shape index (κ2) is 5.05. The summed E-state index contributed by atoms with van der Waals surface area (Å²) in [6.45, 7) is 1.87. The molecule has 0 bridgehead atoms. The summed E-state index contributed by atoms with van der Waals surface area (Å²) in [6, 6.07) is 5.36. The molecule has 7 nitrogen and oxygen atoms in total. The topological polar surface area (TPSA) is 81.8 Å². The number of anilines is 1. The molecule has 2 aromatic heterocycles. The van der Waals surface area contributed by atoms with Gasteiger partial charge in [-0.25, -0.2) is 9.48 Å². The highest BCUT2D eigenvalue weighted by Gasteiger charge is 2.12. The van der Waals surface area contributed by atoms with Crippen molar-refractivity contribution in [1.29, 1.82) is 0 Å². The molecule has 1 unspecified atom stereocenters. The summed E-state index contributed by atoms with van der Waals surface area (Å²) >= 11 is 0. The van der Waals surface area contributed by atoms with Crippen LogP contribution in [-0.2, 0) is 14.1 Å². The highest BCUT2D eigenvalue weighted by molar-refractivity contribution is 5.33. The fourth-order valence-corrected chi connectivity index (χ4v) is 1.70. The number of aromatic nitrogens is 4. The summed E-state index contributed by atoms with van der Waals surface area (Å²) in [5.41, 5.74) is -0.118. The Balaban J connectivity index is 2.35. The lowest BCUT2D eigenvalue weighted by Gasteiger charge is -2.14. The molecule has 0 aliphatic rings. The van der Waals surface area contributed by atoms with E-state index >= 15 is 0 Å². The lowest BCUT2D eigenvalue weighted by atomic mass is 10.2. The van der Waals surface area contributed by atoms with Crippen molar-refractivity contribution >= 4 is 5.82 Å². The Morgan fingerprint density at radius 2 is 2.00 bits per heavy atom. The van der Waals surface area contributed by atoms with Crippen molar-refractivity contribution in [2.75, 3.05) is 5.32 Å². The number of hydrogen-bond donors (Lipinski definition) is 1. The number of nitrogens with zero attached hydrogens (tertiary/aromatic N) is 4. The largest absolute Gasteiger partial charge is 0.356 e. The molecule has 100 valence electrons. The van der Waals surface area contributed by atoms with Gasteiger partial charge in [-0.1, -0.05) is 6.07 Å². The summed E-state index contributed by atoms with van der Waals surface area (Å²) < 4.78 is 2.13. The molecule has 0 fully saturated rings. The van der Waals surface area contributed by atoms with Gasteiger partial charge >= 0.3 is 5.69 Å². The molecule has 2 aromatic rings. The third-order valence-corrected chi connectivity index (χ3v) is 2.81. The van der Waals surface area contributed by atoms with Gasteiger partial charge in [0, 0.05) is 20.3 Å². The van der Waals surface area contributed by atoms with Crippen LogP contribution < -0.4 is 16.6 Å². The van der Waals surface area contributed by atoms with Crippen LogP contribution in [0.2, 0.25) is 0 Å². The first-order chi connectivity index (χ1) is 9.00. The molecule has 0 amide bonds. The summed E-state index contributed by atoms with van der Waals surface area (Å²) in [5, 5.41) is 6.90. The minimum Gasteiger partial charge on any atom is -0.356 e. The number of nitrogens with one attached hydrogen (secondary N) is 1. The lowest BCUT2D eigenvalue weighted by Crippen LogP contribution is -2.40. The van der Waals surface area contributed by atoms with Crippen molar-refractivity contribution in [3.8, 4) is 0 Å². The fourth-order valence-electron chi connectivity index (χ4n) is 1.70. The molecule has 0 saturated heterocycles. The van der Waals surface area contributed by atoms with Crippen LogP contribution in [0.3, 0.4) is 0 Å². The van der Waals surface area contributed by atoms with Crippen LogP contribution in [0.4, 0.5) is 5.82 Å². The van der Waals surface area contributed by atoms with E-state index in [9.17, 15) is 9.59 Å². The molecule has 0 aliphatic carbocycles. The third kappa shape index (κ3) is 2.54. The maximum atomic E-state index is 11.9. The minimum atomic E-state index is -0.457. The van der Waals surface area contributed by atoms with E-state index in [1.807, 2.05) is 25.1 Å². The third-order valence-electron chi connectivity index (χ3n) is 2.81. The van der Waals surface area contributed by atoms with Gasteiger partial charge in [0.25, 0.3) is 5.56 Å². The maximum Gasteiger partial charge on any atom is 0.346 e. The van der Waals surface area contributed by atoms with Gasteiger partial charge in [0.05, 0.1) is 11.7 Å². The highest BCUT2D eigenvalue weighted by Crippen LogP contribution is 2.12. The second-order valence-corrected chi connectivity index (χ2v) is 4.24. The van der Waals surface area contributed by atoms with E-state index in [1.54, 1.807) is 6.20 Å². The molecule has 0 aliphatic heterocycles. The molecule has 0 spiro atoms. The summed E-state index contributed by atoms with van der Waals surface area (Å²) in [6.07, 6.45) is 1.68. The van der Waals surface area contributed by atoms with E-state index in [4.69, 9.17) is 0 Å². The van der Waals surface area contributed by atoms with E-state index in [-0.39, 0.29) is 11.9 Å². The standard InChI is InChI=1S/C12H15N5O2/c1-8(9-6-4-5-7-13-9)14-10-11(18)16(2)12(19)17(3)15-10/h4-8H,1-3H3,(H,14,15). The van der Waals surface area contributed by atoms with Crippen LogP contribution in [0.1, 0.15) is 18.7 Å². The second-order valence-electron chi connectivity index (χ2n) is 4.24. The number of pyridine rings is 1. The monoisotopic (exact) mass is 261 g/mol. The molecule has 0 radical (unpaired) electrons. The summed E-state index contributed by atoms with van der Waals surface area (Å²) in [5.74, 6) is 0.128. The average molecular weight is 261 g/mol. The molecule has 2 rings (SSSR count). The van der Waals surface area contributed by atoms with E-state index < -0.39 is 11.2 Å². The van der Waals surface area contributed by atoms with E-state index in [1.165, 1.54) is 14.1 Å². The zero-order valence-corrected chi connectivity index (χ0v) is 11.0. The van der Waals surface area contributed by atoms with Gasteiger partial charge in [0.1, 0.15) is 0 Å². The molecule has 0 saturated carbocycles. The zero-order chi connectivity index (χ0) is 14.0. The van der Waals surface area contributed by atoms with E-state index in [2.05, 4.69) is 15.4 Å². The summed E-state index contributed by atoms with van der Waals surface area (Å²) in [4.78, 5) is 27.6. The molecular formula is C12H15N5O2. The maximum absolute atomic E-state index is 11.9. The van der Waals surface area contributed by atoms with Gasteiger partial charge in [-0.2, -0.15) is 0 Å². The predicted molar refractivity (Wildman–Crippen MR) is 71.0 cm³/mol. The predicted octanol–water partition coefficient (Wildman–Crippen LogP) is 0.0471. The molecule has 19 heavy (non-hydrogen) atoms. The Bertz CT molecular complexity index is 690. The highest BCUT2D eigenvalue weighted by atomic mass is 16.2. The number of aryl methyl sites for hydroxylation is 1. The van der Waals surface area contributed by atoms with Gasteiger partial charge < -0.3 is 5.32 Å². The first-order valence-corrected chi connectivity index (χ1v) is 5.82. The normalized spacial score (nSPS) is 12.2.